The van der Waals surface area contributed by atoms with Crippen LogP contribution in [-0.4, -0.2) is 54.9 Å². The maximum Gasteiger partial charge on any atom is 0.225 e. The fourth-order valence-electron chi connectivity index (χ4n) is 3.12. The van der Waals surface area contributed by atoms with Gasteiger partial charge in [-0.05, 0) is 0 Å². The summed E-state index contributed by atoms with van der Waals surface area (Å²) in [6, 6.07) is 10.1. The fraction of sp³-hybridized carbons (Fsp3) is 0.500. The molecule has 0 radical (unpaired) electrons. The monoisotopic (exact) mass is 358 g/mol. The number of hydrogen-bond acceptors (Lipinski definition) is 4. The Bertz CT molecular complexity index is 723. The Morgan fingerprint density at radius 1 is 1.23 bits per heavy atom. The van der Waals surface area contributed by atoms with Crippen LogP contribution in [0, 0.1) is 5.92 Å². The second-order valence-electron chi connectivity index (χ2n) is 6.94. The molecular weight excluding hydrogens is 328 g/mol. The summed E-state index contributed by atoms with van der Waals surface area (Å²) >= 11 is 0. The Morgan fingerprint density at radius 2 is 1.88 bits per heavy atom. The first-order chi connectivity index (χ1) is 12.4. The molecule has 0 unspecified atom stereocenters. The number of aromatic nitrogens is 2. The van der Waals surface area contributed by atoms with Crippen molar-refractivity contribution in [2.45, 2.75) is 20.4 Å². The number of ether oxygens (including phenoxy) is 1. The van der Waals surface area contributed by atoms with Crippen molar-refractivity contribution in [2.75, 3.05) is 39.3 Å². The van der Waals surface area contributed by atoms with Crippen LogP contribution in [0.25, 0.3) is 11.3 Å². The maximum atomic E-state index is 12.7. The number of nitrogens with zero attached hydrogens (tertiary/aromatic N) is 4. The van der Waals surface area contributed by atoms with Gasteiger partial charge in [-0.15, -0.1) is 0 Å². The van der Waals surface area contributed by atoms with Crippen LogP contribution in [-0.2, 0) is 23.1 Å². The Hall–Kier alpha value is -2.34. The Labute approximate surface area is 156 Å². The van der Waals surface area contributed by atoms with E-state index in [-0.39, 0.29) is 11.8 Å². The molecule has 6 heteroatoms. The minimum Gasteiger partial charge on any atom is -0.383 e. The molecule has 0 fully saturated rings. The zero-order valence-corrected chi connectivity index (χ0v) is 16.7. The molecule has 0 saturated heterocycles. The third-order valence-electron chi connectivity index (χ3n) is 4.30. The number of hydrogen-bond donors (Lipinski definition) is 0. The standard InChI is InChI=1S/C20H30N4O2/c1-15(2)20(25)24(12-13-26-6)14-17-18(16-10-8-7-9-11-16)21-23(5)19(17)22(3)4/h7-11,15H,12-14H2,1-6H3. The first-order valence-corrected chi connectivity index (χ1v) is 8.93. The molecule has 2 aromatic rings. The molecule has 1 amide bonds. The van der Waals surface area contributed by atoms with Crippen LogP contribution in [0.2, 0.25) is 0 Å². The second kappa shape index (κ2) is 8.85. The Kier molecular flexibility index (Phi) is 6.80. The number of anilines is 1. The molecule has 0 saturated carbocycles. The second-order valence-corrected chi connectivity index (χ2v) is 6.94. The molecule has 1 heterocycles. The molecular formula is C20H30N4O2. The zero-order chi connectivity index (χ0) is 19.3. The van der Waals surface area contributed by atoms with E-state index < -0.39 is 0 Å². The third-order valence-corrected chi connectivity index (χ3v) is 4.30. The van der Waals surface area contributed by atoms with Crippen LogP contribution in [0.1, 0.15) is 19.4 Å². The topological polar surface area (TPSA) is 50.6 Å². The highest BCUT2D eigenvalue weighted by Gasteiger charge is 2.24. The van der Waals surface area contributed by atoms with Crippen molar-refractivity contribution in [2.24, 2.45) is 13.0 Å². The molecule has 2 rings (SSSR count). The lowest BCUT2D eigenvalue weighted by atomic mass is 10.1. The van der Waals surface area contributed by atoms with Gasteiger partial charge >= 0.3 is 0 Å². The number of rotatable bonds is 8. The van der Waals surface area contributed by atoms with Gasteiger partial charge in [0.05, 0.1) is 18.8 Å². The molecule has 26 heavy (non-hydrogen) atoms. The SMILES string of the molecule is COCCN(Cc1c(-c2ccccc2)nn(C)c1N(C)C)C(=O)C(C)C. The van der Waals surface area contributed by atoms with Crippen LogP contribution in [0.3, 0.4) is 0 Å². The summed E-state index contributed by atoms with van der Waals surface area (Å²) in [6.45, 7) is 5.43. The summed E-state index contributed by atoms with van der Waals surface area (Å²) in [6.07, 6.45) is 0. The van der Waals surface area contributed by atoms with E-state index in [0.717, 1.165) is 22.6 Å². The van der Waals surface area contributed by atoms with E-state index in [9.17, 15) is 4.79 Å². The summed E-state index contributed by atoms with van der Waals surface area (Å²) < 4.78 is 7.09. The molecule has 142 valence electrons. The number of carbonyl (C=O) groups is 1. The van der Waals surface area contributed by atoms with Crippen molar-refractivity contribution in [3.8, 4) is 11.3 Å². The average Bonchev–Trinajstić information content (AvgIpc) is 2.94. The van der Waals surface area contributed by atoms with Gasteiger partial charge in [0.25, 0.3) is 0 Å². The van der Waals surface area contributed by atoms with Crippen LogP contribution in [0.4, 0.5) is 5.82 Å². The predicted octanol–water partition coefficient (Wildman–Crippen LogP) is 2.78. The molecule has 0 spiro atoms. The summed E-state index contributed by atoms with van der Waals surface area (Å²) in [5, 5.41) is 4.75. The van der Waals surface area contributed by atoms with Crippen molar-refractivity contribution in [1.29, 1.82) is 0 Å². The van der Waals surface area contributed by atoms with E-state index in [1.807, 2.05) is 67.7 Å². The fourth-order valence-corrected chi connectivity index (χ4v) is 3.12. The van der Waals surface area contributed by atoms with E-state index in [1.165, 1.54) is 0 Å². The molecule has 1 aromatic heterocycles. The highest BCUT2D eigenvalue weighted by atomic mass is 16.5. The van der Waals surface area contributed by atoms with Gasteiger partial charge in [0.1, 0.15) is 5.82 Å². The summed E-state index contributed by atoms with van der Waals surface area (Å²) in [5.41, 5.74) is 3.01. The van der Waals surface area contributed by atoms with Crippen LogP contribution >= 0.6 is 0 Å². The number of benzene rings is 1. The number of amides is 1. The Morgan fingerprint density at radius 3 is 2.42 bits per heavy atom. The van der Waals surface area contributed by atoms with Crippen molar-refractivity contribution in [3.63, 3.8) is 0 Å². The molecule has 0 aliphatic rings. The van der Waals surface area contributed by atoms with Gasteiger partial charge in [-0.3, -0.25) is 9.48 Å². The van der Waals surface area contributed by atoms with Gasteiger partial charge in [-0.25, -0.2) is 0 Å². The lowest BCUT2D eigenvalue weighted by Crippen LogP contribution is -2.36. The maximum absolute atomic E-state index is 12.7. The normalized spacial score (nSPS) is 11.0. The van der Waals surface area contributed by atoms with E-state index >= 15 is 0 Å². The van der Waals surface area contributed by atoms with E-state index in [2.05, 4.69) is 12.1 Å². The van der Waals surface area contributed by atoms with Gasteiger partial charge < -0.3 is 14.5 Å². The van der Waals surface area contributed by atoms with Crippen molar-refractivity contribution < 1.29 is 9.53 Å². The van der Waals surface area contributed by atoms with E-state index in [0.29, 0.717) is 19.7 Å². The lowest BCUT2D eigenvalue weighted by Gasteiger charge is -2.26. The van der Waals surface area contributed by atoms with Gasteiger partial charge in [0.2, 0.25) is 5.91 Å². The predicted molar refractivity (Wildman–Crippen MR) is 105 cm³/mol. The van der Waals surface area contributed by atoms with E-state index in [4.69, 9.17) is 9.84 Å². The third kappa shape index (κ3) is 4.43. The number of methoxy groups -OCH3 is 1. The smallest absolute Gasteiger partial charge is 0.225 e. The van der Waals surface area contributed by atoms with Crippen molar-refractivity contribution in [3.05, 3.63) is 35.9 Å². The minimum atomic E-state index is -0.0634. The summed E-state index contributed by atoms with van der Waals surface area (Å²) in [4.78, 5) is 16.6. The van der Waals surface area contributed by atoms with Gasteiger partial charge in [0, 0.05) is 51.8 Å². The molecule has 1 aromatic carbocycles. The van der Waals surface area contributed by atoms with Gasteiger partial charge in [0.15, 0.2) is 0 Å². The number of aryl methyl sites for hydroxylation is 1. The molecule has 0 bridgehead atoms. The molecule has 0 atom stereocenters. The van der Waals surface area contributed by atoms with Crippen LogP contribution in [0.5, 0.6) is 0 Å². The highest BCUT2D eigenvalue weighted by molar-refractivity contribution is 5.79. The summed E-state index contributed by atoms with van der Waals surface area (Å²) in [7, 11) is 7.59. The van der Waals surface area contributed by atoms with Crippen LogP contribution < -0.4 is 4.90 Å². The summed E-state index contributed by atoms with van der Waals surface area (Å²) in [5.74, 6) is 1.06. The van der Waals surface area contributed by atoms with Crippen molar-refractivity contribution >= 4 is 11.7 Å². The van der Waals surface area contributed by atoms with Crippen molar-refractivity contribution in [1.82, 2.24) is 14.7 Å². The molecule has 0 aliphatic heterocycles. The minimum absolute atomic E-state index is 0.0634. The highest BCUT2D eigenvalue weighted by Crippen LogP contribution is 2.31. The Balaban J connectivity index is 2.49. The van der Waals surface area contributed by atoms with Crippen LogP contribution in [0.15, 0.2) is 30.3 Å². The average molecular weight is 358 g/mol. The quantitative estimate of drug-likeness (QED) is 0.728. The first-order valence-electron chi connectivity index (χ1n) is 8.93. The van der Waals surface area contributed by atoms with Gasteiger partial charge in [-0.1, -0.05) is 44.2 Å². The molecule has 0 N–H and O–H groups in total. The molecule has 0 aliphatic carbocycles. The number of carbonyl (C=O) groups excluding carboxylic acids is 1. The first kappa shape index (κ1) is 20.0. The van der Waals surface area contributed by atoms with Gasteiger partial charge in [-0.2, -0.15) is 5.10 Å². The molecule has 6 nitrogen and oxygen atoms in total. The lowest BCUT2D eigenvalue weighted by molar-refractivity contribution is -0.135. The zero-order valence-electron chi connectivity index (χ0n) is 16.7. The largest absolute Gasteiger partial charge is 0.383 e. The van der Waals surface area contributed by atoms with E-state index in [1.54, 1.807) is 7.11 Å².